The number of imide groups is 1. The molecule has 0 saturated heterocycles. The normalized spacial score (nSPS) is 13.9. The molecule has 1 aliphatic rings. The van der Waals surface area contributed by atoms with Gasteiger partial charge in [-0.1, -0.05) is 29.8 Å². The molecule has 0 aliphatic carbocycles. The summed E-state index contributed by atoms with van der Waals surface area (Å²) in [5.74, 6) is -2.43. The van der Waals surface area contributed by atoms with E-state index in [1.807, 2.05) is 32.9 Å². The summed E-state index contributed by atoms with van der Waals surface area (Å²) >= 11 is 0. The fourth-order valence-corrected chi connectivity index (χ4v) is 3.48. The van der Waals surface area contributed by atoms with Gasteiger partial charge in [-0.25, -0.2) is 4.79 Å². The van der Waals surface area contributed by atoms with E-state index in [-0.39, 0.29) is 11.1 Å². The number of nitrogens with zero attached hydrogens (tertiary/aromatic N) is 1. The lowest BCUT2D eigenvalue weighted by atomic mass is 10.1. The highest BCUT2D eigenvalue weighted by molar-refractivity contribution is 6.22. The first-order chi connectivity index (χ1) is 13.7. The zero-order valence-electron chi connectivity index (χ0n) is 16.7. The highest BCUT2D eigenvalue weighted by atomic mass is 16.5. The van der Waals surface area contributed by atoms with Crippen molar-refractivity contribution >= 4 is 29.4 Å². The van der Waals surface area contributed by atoms with E-state index in [1.165, 1.54) is 19.1 Å². The van der Waals surface area contributed by atoms with Crippen LogP contribution in [0.3, 0.4) is 0 Å². The fourth-order valence-electron chi connectivity index (χ4n) is 3.48. The number of nitrogens with one attached hydrogen (secondary N) is 1. The maximum absolute atomic E-state index is 12.5. The molecule has 3 rings (SSSR count). The number of ether oxygens (including phenoxy) is 1. The van der Waals surface area contributed by atoms with Crippen LogP contribution in [0.4, 0.5) is 5.69 Å². The van der Waals surface area contributed by atoms with Crippen LogP contribution < -0.4 is 5.32 Å². The Balaban J connectivity index is 1.62. The summed E-state index contributed by atoms with van der Waals surface area (Å²) in [4.78, 5) is 50.3. The van der Waals surface area contributed by atoms with Crippen molar-refractivity contribution in [2.45, 2.75) is 33.7 Å². The van der Waals surface area contributed by atoms with Crippen LogP contribution in [0.2, 0.25) is 0 Å². The van der Waals surface area contributed by atoms with E-state index in [4.69, 9.17) is 4.74 Å². The summed E-state index contributed by atoms with van der Waals surface area (Å²) in [6.45, 7) is 6.61. The molecule has 0 unspecified atom stereocenters. The molecule has 2 aromatic carbocycles. The first kappa shape index (κ1) is 20.3. The van der Waals surface area contributed by atoms with Gasteiger partial charge in [-0.05, 0) is 51.0 Å². The molecular formula is C22H22N2O5. The van der Waals surface area contributed by atoms with Gasteiger partial charge in [0.2, 0.25) is 0 Å². The van der Waals surface area contributed by atoms with Crippen molar-refractivity contribution in [1.29, 1.82) is 0 Å². The molecular weight excluding hydrogens is 372 g/mol. The number of rotatable bonds is 5. The molecule has 1 atom stereocenters. The molecule has 1 N–H and O–H groups in total. The molecule has 29 heavy (non-hydrogen) atoms. The first-order valence-electron chi connectivity index (χ1n) is 9.22. The molecule has 3 amide bonds. The van der Waals surface area contributed by atoms with Crippen molar-refractivity contribution in [3.8, 4) is 0 Å². The molecule has 1 heterocycles. The van der Waals surface area contributed by atoms with Gasteiger partial charge < -0.3 is 10.1 Å². The third kappa shape index (κ3) is 3.89. The Bertz CT molecular complexity index is 970. The maximum Gasteiger partial charge on any atom is 0.329 e. The van der Waals surface area contributed by atoms with Gasteiger partial charge in [0.25, 0.3) is 17.7 Å². The average molecular weight is 394 g/mol. The van der Waals surface area contributed by atoms with E-state index in [9.17, 15) is 19.2 Å². The minimum absolute atomic E-state index is 0.250. The number of carbonyl (C=O) groups is 4. The van der Waals surface area contributed by atoms with Crippen LogP contribution in [0, 0.1) is 20.8 Å². The second kappa shape index (κ2) is 7.87. The van der Waals surface area contributed by atoms with Crippen molar-refractivity contribution in [1.82, 2.24) is 4.90 Å². The molecule has 0 saturated carbocycles. The van der Waals surface area contributed by atoms with Crippen LogP contribution >= 0.6 is 0 Å². The number of amides is 3. The summed E-state index contributed by atoms with van der Waals surface area (Å²) in [6, 6.07) is 9.11. The number of fused-ring (bicyclic) bond motifs is 1. The van der Waals surface area contributed by atoms with Crippen LogP contribution in [0.25, 0.3) is 0 Å². The minimum Gasteiger partial charge on any atom is -0.454 e. The Morgan fingerprint density at radius 3 is 2.03 bits per heavy atom. The lowest BCUT2D eigenvalue weighted by Gasteiger charge is -2.21. The predicted octanol–water partition coefficient (Wildman–Crippen LogP) is 2.78. The van der Waals surface area contributed by atoms with Crippen LogP contribution in [0.1, 0.15) is 44.3 Å². The van der Waals surface area contributed by atoms with Crippen molar-refractivity contribution in [3.05, 3.63) is 64.2 Å². The predicted molar refractivity (Wildman–Crippen MR) is 107 cm³/mol. The number of benzene rings is 2. The van der Waals surface area contributed by atoms with Crippen molar-refractivity contribution in [2.75, 3.05) is 11.9 Å². The molecule has 0 bridgehead atoms. The van der Waals surface area contributed by atoms with Gasteiger partial charge >= 0.3 is 5.97 Å². The molecule has 0 spiro atoms. The van der Waals surface area contributed by atoms with Crippen LogP contribution in [-0.2, 0) is 14.3 Å². The summed E-state index contributed by atoms with van der Waals surface area (Å²) in [5, 5.41) is 2.74. The second-order valence-corrected chi connectivity index (χ2v) is 7.13. The molecule has 2 aromatic rings. The van der Waals surface area contributed by atoms with Crippen LogP contribution in [-0.4, -0.2) is 41.2 Å². The topological polar surface area (TPSA) is 92.8 Å². The quantitative estimate of drug-likeness (QED) is 0.622. The number of esters is 1. The Morgan fingerprint density at radius 2 is 1.52 bits per heavy atom. The van der Waals surface area contributed by atoms with Gasteiger partial charge in [-0.3, -0.25) is 19.3 Å². The van der Waals surface area contributed by atoms with Gasteiger partial charge in [0.05, 0.1) is 11.1 Å². The van der Waals surface area contributed by atoms with Gasteiger partial charge in [-0.15, -0.1) is 0 Å². The fraction of sp³-hybridized carbons (Fsp3) is 0.273. The van der Waals surface area contributed by atoms with E-state index in [1.54, 1.807) is 12.1 Å². The van der Waals surface area contributed by atoms with Crippen LogP contribution in [0.15, 0.2) is 36.4 Å². The summed E-state index contributed by atoms with van der Waals surface area (Å²) in [5.41, 5.74) is 4.06. The van der Waals surface area contributed by atoms with Crippen molar-refractivity contribution in [2.24, 2.45) is 0 Å². The molecule has 1 aliphatic heterocycles. The lowest BCUT2D eigenvalue weighted by Crippen LogP contribution is -2.44. The van der Waals surface area contributed by atoms with Gasteiger partial charge in [0.1, 0.15) is 6.04 Å². The van der Waals surface area contributed by atoms with Gasteiger partial charge in [-0.2, -0.15) is 0 Å². The third-order valence-electron chi connectivity index (χ3n) is 4.84. The molecule has 0 fully saturated rings. The van der Waals surface area contributed by atoms with Crippen molar-refractivity contribution < 1.29 is 23.9 Å². The van der Waals surface area contributed by atoms with E-state index in [0.29, 0.717) is 5.69 Å². The summed E-state index contributed by atoms with van der Waals surface area (Å²) in [6.07, 6.45) is 0. The van der Waals surface area contributed by atoms with E-state index >= 15 is 0 Å². The largest absolute Gasteiger partial charge is 0.454 e. The standard InChI is InChI=1S/C22H22N2O5/c1-12-9-13(2)19(14(3)10-12)23-18(25)11-29-22(28)15(4)24-20(26)16-7-5-6-8-17(16)21(24)27/h5-10,15H,11H2,1-4H3,(H,23,25)/t15-/m1/s1. The number of anilines is 1. The van der Waals surface area contributed by atoms with E-state index in [0.717, 1.165) is 21.6 Å². The average Bonchev–Trinajstić information content (AvgIpc) is 2.93. The van der Waals surface area contributed by atoms with Gasteiger partial charge in [0, 0.05) is 5.69 Å². The van der Waals surface area contributed by atoms with Crippen molar-refractivity contribution in [3.63, 3.8) is 0 Å². The highest BCUT2D eigenvalue weighted by Crippen LogP contribution is 2.25. The SMILES string of the molecule is Cc1cc(C)c(NC(=O)COC(=O)[C@@H](C)N2C(=O)c3ccccc3C2=O)c(C)c1. The summed E-state index contributed by atoms with van der Waals surface area (Å²) in [7, 11) is 0. The van der Waals surface area contributed by atoms with Gasteiger partial charge in [0.15, 0.2) is 6.61 Å². The van der Waals surface area contributed by atoms with Crippen LogP contribution in [0.5, 0.6) is 0 Å². The number of carbonyl (C=O) groups excluding carboxylic acids is 4. The Morgan fingerprint density at radius 1 is 1.00 bits per heavy atom. The lowest BCUT2D eigenvalue weighted by molar-refractivity contribution is -0.150. The second-order valence-electron chi connectivity index (χ2n) is 7.13. The smallest absolute Gasteiger partial charge is 0.329 e. The Labute approximate surface area is 168 Å². The highest BCUT2D eigenvalue weighted by Gasteiger charge is 2.41. The molecule has 0 radical (unpaired) electrons. The molecule has 150 valence electrons. The number of hydrogen-bond acceptors (Lipinski definition) is 5. The third-order valence-corrected chi connectivity index (χ3v) is 4.84. The molecule has 7 nitrogen and oxygen atoms in total. The zero-order chi connectivity index (χ0) is 21.3. The number of hydrogen-bond donors (Lipinski definition) is 1. The molecule has 0 aromatic heterocycles. The van der Waals surface area contributed by atoms with E-state index < -0.39 is 36.3 Å². The Kier molecular flexibility index (Phi) is 5.50. The van der Waals surface area contributed by atoms with E-state index in [2.05, 4.69) is 5.32 Å². The Hall–Kier alpha value is -3.48. The first-order valence-corrected chi connectivity index (χ1v) is 9.22. The minimum atomic E-state index is -1.14. The maximum atomic E-state index is 12.5. The molecule has 7 heteroatoms. The summed E-state index contributed by atoms with van der Waals surface area (Å²) < 4.78 is 5.05. The monoisotopic (exact) mass is 394 g/mol. The number of aryl methyl sites for hydroxylation is 3. The zero-order valence-corrected chi connectivity index (χ0v) is 16.7.